The number of carbonyl (C=O) groups is 1. The van der Waals surface area contributed by atoms with Gasteiger partial charge in [-0.15, -0.1) is 0 Å². The lowest BCUT2D eigenvalue weighted by Crippen LogP contribution is -1.92. The Balaban J connectivity index is 0.000000167. The Labute approximate surface area is 87.6 Å². The molecule has 0 aliphatic heterocycles. The highest BCUT2D eigenvalue weighted by atomic mass is 16.4. The second-order valence-corrected chi connectivity index (χ2v) is 3.04. The van der Waals surface area contributed by atoms with E-state index in [2.05, 4.69) is 6.58 Å². The van der Waals surface area contributed by atoms with Gasteiger partial charge in [0.25, 0.3) is 0 Å². The van der Waals surface area contributed by atoms with Crippen molar-refractivity contribution in [3.8, 4) is 0 Å². The van der Waals surface area contributed by atoms with Crippen LogP contribution in [0.1, 0.15) is 6.92 Å². The van der Waals surface area contributed by atoms with Crippen LogP contribution < -0.4 is 0 Å². The maximum atomic E-state index is 9.60. The van der Waals surface area contributed by atoms with E-state index in [-0.39, 0.29) is 5.57 Å². The number of hydrogen-bond donors (Lipinski definition) is 1. The summed E-state index contributed by atoms with van der Waals surface area (Å²) in [6, 6.07) is 9.90. The summed E-state index contributed by atoms with van der Waals surface area (Å²) >= 11 is 0. The Morgan fingerprint density at radius 2 is 1.93 bits per heavy atom. The van der Waals surface area contributed by atoms with Crippen LogP contribution in [-0.4, -0.2) is 11.1 Å². The van der Waals surface area contributed by atoms with Crippen molar-refractivity contribution in [3.63, 3.8) is 0 Å². The molecule has 0 fully saturated rings. The van der Waals surface area contributed by atoms with E-state index >= 15 is 0 Å². The minimum atomic E-state index is -0.935. The largest absolute Gasteiger partial charge is 0.478 e. The van der Waals surface area contributed by atoms with Gasteiger partial charge in [-0.25, -0.2) is 4.79 Å². The molecule has 1 aromatic heterocycles. The van der Waals surface area contributed by atoms with E-state index in [0.29, 0.717) is 0 Å². The molecule has 1 N–H and O–H groups in total. The zero-order valence-electron chi connectivity index (χ0n) is 8.43. The van der Waals surface area contributed by atoms with Gasteiger partial charge in [0.1, 0.15) is 5.58 Å². The van der Waals surface area contributed by atoms with Gasteiger partial charge in [-0.1, -0.05) is 24.8 Å². The van der Waals surface area contributed by atoms with E-state index < -0.39 is 5.97 Å². The van der Waals surface area contributed by atoms with E-state index in [1.807, 2.05) is 30.3 Å². The molecule has 1 aromatic carbocycles. The van der Waals surface area contributed by atoms with Gasteiger partial charge in [-0.3, -0.25) is 0 Å². The number of fused-ring (bicyclic) bond motifs is 1. The number of benzene rings is 1. The van der Waals surface area contributed by atoms with E-state index in [1.54, 1.807) is 6.26 Å². The zero-order chi connectivity index (χ0) is 11.3. The first kappa shape index (κ1) is 11.0. The normalized spacial score (nSPS) is 9.13. The van der Waals surface area contributed by atoms with Gasteiger partial charge in [0, 0.05) is 11.0 Å². The minimum Gasteiger partial charge on any atom is -0.478 e. The molecule has 0 bridgehead atoms. The number of para-hydroxylation sites is 1. The van der Waals surface area contributed by atoms with Gasteiger partial charge < -0.3 is 9.52 Å². The van der Waals surface area contributed by atoms with Gasteiger partial charge in [0.2, 0.25) is 0 Å². The molecule has 2 rings (SSSR count). The third-order valence-electron chi connectivity index (χ3n) is 1.73. The van der Waals surface area contributed by atoms with Gasteiger partial charge in [-0.2, -0.15) is 0 Å². The molecule has 0 saturated carbocycles. The lowest BCUT2D eigenvalue weighted by molar-refractivity contribution is -0.132. The lowest BCUT2D eigenvalue weighted by atomic mass is 10.3. The average molecular weight is 204 g/mol. The summed E-state index contributed by atoms with van der Waals surface area (Å²) in [7, 11) is 0. The molecule has 0 unspecified atom stereocenters. The molecular weight excluding hydrogens is 192 g/mol. The minimum absolute atomic E-state index is 0.176. The van der Waals surface area contributed by atoms with Crippen LogP contribution in [0.4, 0.5) is 0 Å². The number of rotatable bonds is 1. The third-order valence-corrected chi connectivity index (χ3v) is 1.73. The first-order valence-corrected chi connectivity index (χ1v) is 4.42. The molecule has 15 heavy (non-hydrogen) atoms. The van der Waals surface area contributed by atoms with Crippen molar-refractivity contribution < 1.29 is 14.3 Å². The molecule has 0 aliphatic rings. The molecule has 0 aliphatic carbocycles. The van der Waals surface area contributed by atoms with Crippen molar-refractivity contribution >= 4 is 16.9 Å². The van der Waals surface area contributed by atoms with E-state index in [0.717, 1.165) is 11.0 Å². The summed E-state index contributed by atoms with van der Waals surface area (Å²) < 4.78 is 5.12. The predicted octanol–water partition coefficient (Wildman–Crippen LogP) is 3.08. The van der Waals surface area contributed by atoms with Crippen LogP contribution in [0.15, 0.2) is 53.2 Å². The summed E-state index contributed by atoms with van der Waals surface area (Å²) in [5.74, 6) is -0.935. The van der Waals surface area contributed by atoms with E-state index in [4.69, 9.17) is 9.52 Å². The molecule has 0 radical (unpaired) electrons. The Hall–Kier alpha value is -2.03. The molecule has 0 spiro atoms. The van der Waals surface area contributed by atoms with Crippen LogP contribution in [0.25, 0.3) is 11.0 Å². The number of carboxylic acid groups (broad SMARTS) is 1. The van der Waals surface area contributed by atoms with E-state index in [1.165, 1.54) is 6.92 Å². The smallest absolute Gasteiger partial charge is 0.330 e. The first-order chi connectivity index (χ1) is 7.11. The van der Waals surface area contributed by atoms with Crippen molar-refractivity contribution in [2.24, 2.45) is 0 Å². The fraction of sp³-hybridized carbons (Fsp3) is 0.0833. The van der Waals surface area contributed by atoms with Crippen LogP contribution in [0.2, 0.25) is 0 Å². The number of aliphatic carboxylic acids is 1. The highest BCUT2D eigenvalue weighted by Gasteiger charge is 1.90. The lowest BCUT2D eigenvalue weighted by Gasteiger charge is -1.81. The van der Waals surface area contributed by atoms with Crippen LogP contribution in [0, 0.1) is 0 Å². The van der Waals surface area contributed by atoms with E-state index in [9.17, 15) is 4.79 Å². The van der Waals surface area contributed by atoms with Crippen molar-refractivity contribution in [1.82, 2.24) is 0 Å². The molecule has 0 saturated heterocycles. The third kappa shape index (κ3) is 3.31. The average Bonchev–Trinajstić information content (AvgIpc) is 2.66. The van der Waals surface area contributed by atoms with Crippen molar-refractivity contribution in [1.29, 1.82) is 0 Å². The highest BCUT2D eigenvalue weighted by Crippen LogP contribution is 2.12. The monoisotopic (exact) mass is 204 g/mol. The van der Waals surface area contributed by atoms with Gasteiger partial charge in [-0.05, 0) is 19.1 Å². The summed E-state index contributed by atoms with van der Waals surface area (Å²) in [4.78, 5) is 9.60. The first-order valence-electron chi connectivity index (χ1n) is 4.42. The van der Waals surface area contributed by atoms with Gasteiger partial charge in [0.15, 0.2) is 0 Å². The molecule has 2 aromatic rings. The topological polar surface area (TPSA) is 50.4 Å². The molecule has 78 valence electrons. The molecule has 1 heterocycles. The Bertz CT molecular complexity index is 426. The predicted molar refractivity (Wildman–Crippen MR) is 58.7 cm³/mol. The molecule has 3 heteroatoms. The summed E-state index contributed by atoms with van der Waals surface area (Å²) in [5, 5.41) is 9.06. The number of carboxylic acids is 1. The Morgan fingerprint density at radius 3 is 2.47 bits per heavy atom. The van der Waals surface area contributed by atoms with Crippen molar-refractivity contribution in [2.45, 2.75) is 6.92 Å². The van der Waals surface area contributed by atoms with Gasteiger partial charge in [0.05, 0.1) is 6.26 Å². The van der Waals surface area contributed by atoms with Gasteiger partial charge >= 0.3 is 5.97 Å². The van der Waals surface area contributed by atoms with Crippen LogP contribution >= 0.6 is 0 Å². The maximum absolute atomic E-state index is 9.60. The Kier molecular flexibility index (Phi) is 3.68. The van der Waals surface area contributed by atoms with Crippen LogP contribution in [0.5, 0.6) is 0 Å². The molecule has 0 amide bonds. The van der Waals surface area contributed by atoms with Crippen molar-refractivity contribution in [3.05, 3.63) is 48.7 Å². The van der Waals surface area contributed by atoms with Crippen LogP contribution in [0.3, 0.4) is 0 Å². The second-order valence-electron chi connectivity index (χ2n) is 3.04. The fourth-order valence-electron chi connectivity index (χ4n) is 0.906. The second kappa shape index (κ2) is 5.00. The zero-order valence-corrected chi connectivity index (χ0v) is 8.43. The summed E-state index contributed by atoms with van der Waals surface area (Å²) in [6.45, 7) is 4.60. The quantitative estimate of drug-likeness (QED) is 0.726. The summed E-state index contributed by atoms with van der Waals surface area (Å²) in [6.07, 6.45) is 1.70. The molecule has 3 nitrogen and oxygen atoms in total. The highest BCUT2D eigenvalue weighted by molar-refractivity contribution is 5.84. The Morgan fingerprint density at radius 1 is 1.33 bits per heavy atom. The number of furan rings is 1. The molecular formula is C12H12O3. The SMILES string of the molecule is C=C(C)C(=O)O.c1ccc2occc2c1. The molecule has 0 atom stereocenters. The standard InChI is InChI=1S/C8H6O.C4H6O2/c1-2-4-8-7(3-1)5-6-9-8;1-3(2)4(5)6/h1-6H;1H2,2H3,(H,5,6). The maximum Gasteiger partial charge on any atom is 0.330 e. The number of hydrogen-bond acceptors (Lipinski definition) is 2. The van der Waals surface area contributed by atoms with Crippen LogP contribution in [-0.2, 0) is 4.79 Å². The fourth-order valence-corrected chi connectivity index (χ4v) is 0.906. The van der Waals surface area contributed by atoms with Crippen molar-refractivity contribution in [2.75, 3.05) is 0 Å². The summed E-state index contributed by atoms with van der Waals surface area (Å²) in [5.41, 5.74) is 1.13.